The average molecular weight is 325 g/mol. The van der Waals surface area contributed by atoms with Crippen molar-refractivity contribution in [3.63, 3.8) is 0 Å². The highest BCUT2D eigenvalue weighted by Crippen LogP contribution is 2.32. The molecule has 1 aromatic carbocycles. The monoisotopic (exact) mass is 325 g/mol. The van der Waals surface area contributed by atoms with Crippen LogP contribution < -0.4 is 4.90 Å². The third-order valence-corrected chi connectivity index (χ3v) is 4.77. The number of nitrogens with zero attached hydrogens (tertiary/aromatic N) is 3. The van der Waals surface area contributed by atoms with Crippen molar-refractivity contribution in [1.29, 1.82) is 0 Å². The van der Waals surface area contributed by atoms with E-state index in [0.717, 1.165) is 19.0 Å². The van der Waals surface area contributed by atoms with Crippen molar-refractivity contribution < 1.29 is 13.9 Å². The Hall–Kier alpha value is -1.60. The number of hydrogen-bond donors (Lipinski definition) is 1. The van der Waals surface area contributed by atoms with Crippen LogP contribution in [-0.4, -0.2) is 33.2 Å². The Labute approximate surface area is 131 Å². The lowest BCUT2D eigenvalue weighted by molar-refractivity contribution is 0.0263. The third kappa shape index (κ3) is 3.10. The molecule has 0 spiro atoms. The summed E-state index contributed by atoms with van der Waals surface area (Å²) >= 11 is 1.20. The largest absolute Gasteiger partial charge is 0.390 e. The Bertz CT molecular complexity index is 663. The summed E-state index contributed by atoms with van der Waals surface area (Å²) < 4.78 is 30.7. The number of benzene rings is 1. The van der Waals surface area contributed by atoms with Crippen molar-refractivity contribution in [3.05, 3.63) is 29.8 Å². The minimum absolute atomic E-state index is 0.173. The Kier molecular flexibility index (Phi) is 3.86. The first-order chi connectivity index (χ1) is 10.3. The van der Waals surface area contributed by atoms with E-state index in [0.29, 0.717) is 23.1 Å². The molecular weight excluding hydrogens is 308 g/mol. The van der Waals surface area contributed by atoms with Crippen LogP contribution in [0.25, 0.3) is 11.4 Å². The average Bonchev–Trinajstić information content (AvgIpc) is 3.06. The second kappa shape index (κ2) is 5.55. The first kappa shape index (κ1) is 15.3. The minimum Gasteiger partial charge on any atom is -0.390 e. The van der Waals surface area contributed by atoms with Gasteiger partial charge >= 0.3 is 0 Å². The molecule has 1 fully saturated rings. The first-order valence-corrected chi connectivity index (χ1v) is 7.88. The van der Waals surface area contributed by atoms with Crippen molar-refractivity contribution in [1.82, 2.24) is 9.36 Å². The van der Waals surface area contributed by atoms with E-state index in [4.69, 9.17) is 0 Å². The van der Waals surface area contributed by atoms with Crippen LogP contribution in [0.3, 0.4) is 0 Å². The van der Waals surface area contributed by atoms with Crippen molar-refractivity contribution in [2.45, 2.75) is 25.9 Å². The smallest absolute Gasteiger partial charge is 0.205 e. The molecule has 3 rings (SSSR count). The quantitative estimate of drug-likeness (QED) is 0.942. The van der Waals surface area contributed by atoms with Crippen LogP contribution in [0.1, 0.15) is 20.3 Å². The second-order valence-corrected chi connectivity index (χ2v) is 6.87. The van der Waals surface area contributed by atoms with Crippen LogP contribution in [0.2, 0.25) is 0 Å². The standard InChI is InChI=1S/C15H17F2N3OS/c1-15(2,21)10-3-4-20(8-10)14-18-13(19-22-14)9-5-11(16)7-12(17)6-9/h5-7,10,21H,3-4,8H2,1-2H3. The highest BCUT2D eigenvalue weighted by Gasteiger charge is 2.34. The van der Waals surface area contributed by atoms with Crippen molar-refractivity contribution in [2.75, 3.05) is 18.0 Å². The van der Waals surface area contributed by atoms with E-state index in [1.807, 2.05) is 13.8 Å². The molecule has 0 radical (unpaired) electrons. The second-order valence-electron chi connectivity index (χ2n) is 6.14. The van der Waals surface area contributed by atoms with Crippen LogP contribution >= 0.6 is 11.5 Å². The summed E-state index contributed by atoms with van der Waals surface area (Å²) in [5, 5.41) is 10.8. The van der Waals surface area contributed by atoms with Gasteiger partial charge in [-0.2, -0.15) is 9.36 Å². The zero-order valence-electron chi connectivity index (χ0n) is 12.4. The molecule has 0 bridgehead atoms. The lowest BCUT2D eigenvalue weighted by Crippen LogP contribution is -2.33. The molecule has 1 N–H and O–H groups in total. The summed E-state index contributed by atoms with van der Waals surface area (Å²) in [6, 6.07) is 3.27. The fourth-order valence-electron chi connectivity index (χ4n) is 2.65. The number of aromatic nitrogens is 2. The molecule has 2 aromatic rings. The number of anilines is 1. The predicted octanol–water partition coefficient (Wildman–Crippen LogP) is 3.08. The summed E-state index contributed by atoms with van der Waals surface area (Å²) in [5.41, 5.74) is -0.397. The molecule has 0 amide bonds. The van der Waals surface area contributed by atoms with Crippen molar-refractivity contribution in [2.24, 2.45) is 5.92 Å². The fourth-order valence-corrected chi connectivity index (χ4v) is 3.38. The number of halogens is 2. The Morgan fingerprint density at radius 2 is 1.95 bits per heavy atom. The molecule has 1 saturated heterocycles. The van der Waals surface area contributed by atoms with Gasteiger partial charge in [-0.05, 0) is 32.4 Å². The maximum absolute atomic E-state index is 13.3. The summed E-state index contributed by atoms with van der Waals surface area (Å²) in [6.45, 7) is 5.11. The third-order valence-electron chi connectivity index (χ3n) is 3.99. The van der Waals surface area contributed by atoms with Crippen LogP contribution in [0.4, 0.5) is 13.9 Å². The highest BCUT2D eigenvalue weighted by molar-refractivity contribution is 7.09. The van der Waals surface area contributed by atoms with Gasteiger partial charge in [-0.25, -0.2) is 8.78 Å². The van der Waals surface area contributed by atoms with Gasteiger partial charge in [-0.3, -0.25) is 0 Å². The fraction of sp³-hybridized carbons (Fsp3) is 0.467. The minimum atomic E-state index is -0.728. The molecule has 22 heavy (non-hydrogen) atoms. The van der Waals surface area contributed by atoms with E-state index >= 15 is 0 Å². The summed E-state index contributed by atoms with van der Waals surface area (Å²) in [6.07, 6.45) is 0.882. The number of rotatable bonds is 3. The summed E-state index contributed by atoms with van der Waals surface area (Å²) in [5.74, 6) is -0.791. The molecule has 0 aliphatic carbocycles. The normalized spacial score (nSPS) is 19.0. The lowest BCUT2D eigenvalue weighted by Gasteiger charge is -2.25. The van der Waals surface area contributed by atoms with Gasteiger partial charge in [0.25, 0.3) is 0 Å². The molecule has 1 aromatic heterocycles. The van der Waals surface area contributed by atoms with Crippen LogP contribution in [0.15, 0.2) is 18.2 Å². The molecule has 1 aliphatic rings. The van der Waals surface area contributed by atoms with Crippen molar-refractivity contribution >= 4 is 16.7 Å². The lowest BCUT2D eigenvalue weighted by atomic mass is 9.91. The van der Waals surface area contributed by atoms with E-state index in [1.54, 1.807) is 0 Å². The van der Waals surface area contributed by atoms with E-state index in [9.17, 15) is 13.9 Å². The van der Waals surface area contributed by atoms with Gasteiger partial charge in [0, 0.05) is 42.2 Å². The molecule has 1 unspecified atom stereocenters. The van der Waals surface area contributed by atoms with Crippen molar-refractivity contribution in [3.8, 4) is 11.4 Å². The topological polar surface area (TPSA) is 49.2 Å². The molecule has 7 heteroatoms. The molecule has 118 valence electrons. The molecule has 2 heterocycles. The van der Waals surface area contributed by atoms with Gasteiger partial charge in [-0.15, -0.1) is 0 Å². The highest BCUT2D eigenvalue weighted by atomic mass is 32.1. The van der Waals surface area contributed by atoms with Gasteiger partial charge in [0.15, 0.2) is 5.82 Å². The van der Waals surface area contributed by atoms with Gasteiger partial charge in [0.1, 0.15) is 11.6 Å². The van der Waals surface area contributed by atoms with Crippen LogP contribution in [0, 0.1) is 17.6 Å². The molecule has 1 atom stereocenters. The zero-order chi connectivity index (χ0) is 15.9. The molecule has 1 aliphatic heterocycles. The summed E-state index contributed by atoms with van der Waals surface area (Å²) in [7, 11) is 0. The van der Waals surface area contributed by atoms with Crippen LogP contribution in [-0.2, 0) is 0 Å². The Morgan fingerprint density at radius 3 is 2.55 bits per heavy atom. The van der Waals surface area contributed by atoms with Gasteiger partial charge < -0.3 is 10.0 Å². The predicted molar refractivity (Wildman–Crippen MR) is 81.9 cm³/mol. The summed E-state index contributed by atoms with van der Waals surface area (Å²) in [4.78, 5) is 6.43. The number of aliphatic hydroxyl groups is 1. The zero-order valence-corrected chi connectivity index (χ0v) is 13.2. The maximum Gasteiger partial charge on any atom is 0.205 e. The van der Waals surface area contributed by atoms with E-state index < -0.39 is 17.2 Å². The first-order valence-electron chi connectivity index (χ1n) is 7.10. The van der Waals surface area contributed by atoms with Crippen LogP contribution in [0.5, 0.6) is 0 Å². The van der Waals surface area contributed by atoms with Gasteiger partial charge in [0.05, 0.1) is 5.60 Å². The van der Waals surface area contributed by atoms with E-state index in [2.05, 4.69) is 14.3 Å². The Balaban J connectivity index is 1.80. The molecule has 4 nitrogen and oxygen atoms in total. The molecule has 0 saturated carbocycles. The molecular formula is C15H17F2N3OS. The van der Waals surface area contributed by atoms with E-state index in [1.165, 1.54) is 23.7 Å². The SMILES string of the molecule is CC(C)(O)C1CCN(c2nc(-c3cc(F)cc(F)c3)ns2)C1. The van der Waals surface area contributed by atoms with E-state index in [-0.39, 0.29) is 5.92 Å². The Morgan fingerprint density at radius 1 is 1.27 bits per heavy atom. The maximum atomic E-state index is 13.3. The van der Waals surface area contributed by atoms with Gasteiger partial charge in [0.2, 0.25) is 5.13 Å². The van der Waals surface area contributed by atoms with Gasteiger partial charge in [-0.1, -0.05) is 0 Å². The number of hydrogen-bond acceptors (Lipinski definition) is 5.